The summed E-state index contributed by atoms with van der Waals surface area (Å²) in [5.41, 5.74) is 4.88. The van der Waals surface area contributed by atoms with Crippen LogP contribution >= 0.6 is 27.7 Å². The molecular formula is C15H13BrN6O5S. The summed E-state index contributed by atoms with van der Waals surface area (Å²) in [5, 5.41) is 8.64. The summed E-state index contributed by atoms with van der Waals surface area (Å²) >= 11 is 4.03. The minimum Gasteiger partial charge on any atom is -0.444 e. The second-order valence-electron chi connectivity index (χ2n) is 5.35. The van der Waals surface area contributed by atoms with Gasteiger partial charge in [-0.05, 0) is 35.0 Å². The van der Waals surface area contributed by atoms with Gasteiger partial charge in [-0.25, -0.2) is 4.98 Å². The fraction of sp³-hybridized carbons (Fsp3) is 0.133. The smallest absolute Gasteiger partial charge is 0.291 e. The lowest BCUT2D eigenvalue weighted by atomic mass is 10.4. The van der Waals surface area contributed by atoms with Gasteiger partial charge in [0.15, 0.2) is 32.9 Å². The van der Waals surface area contributed by atoms with Crippen LogP contribution in [0.4, 0.5) is 17.3 Å². The molecule has 13 heteroatoms. The van der Waals surface area contributed by atoms with Crippen LogP contribution in [0.3, 0.4) is 0 Å². The van der Waals surface area contributed by atoms with E-state index < -0.39 is 11.5 Å². The van der Waals surface area contributed by atoms with E-state index in [1.54, 1.807) is 13.0 Å². The van der Waals surface area contributed by atoms with Crippen molar-refractivity contribution >= 4 is 56.8 Å². The van der Waals surface area contributed by atoms with Crippen molar-refractivity contribution in [2.45, 2.75) is 12.1 Å². The number of nitrogen functional groups attached to an aromatic ring is 1. The van der Waals surface area contributed by atoms with Crippen molar-refractivity contribution in [3.63, 3.8) is 0 Å². The minimum absolute atomic E-state index is 0.0103. The average Bonchev–Trinajstić information content (AvgIpc) is 3.24. The van der Waals surface area contributed by atoms with Gasteiger partial charge in [-0.2, -0.15) is 0 Å². The van der Waals surface area contributed by atoms with Crippen LogP contribution in [0.25, 0.3) is 0 Å². The number of H-pyrrole nitrogens is 1. The standard InChI is InChI=1S/C15H13BrN6O5S/c1-6-4-9(22-27-6)18-10(23)5-28-15-20-12(17)11(14(25)21-15)19-13(24)7-2-3-8(16)26-7/h2-4H,5H2,1H3,(H,19,24)(H,18,22,23)(H3,17,20,21,25). The molecule has 0 saturated heterocycles. The van der Waals surface area contributed by atoms with Gasteiger partial charge in [-0.15, -0.1) is 0 Å². The molecule has 0 aliphatic heterocycles. The maximum atomic E-state index is 12.2. The quantitative estimate of drug-likeness (QED) is 0.311. The van der Waals surface area contributed by atoms with Gasteiger partial charge in [0.1, 0.15) is 5.76 Å². The lowest BCUT2D eigenvalue weighted by molar-refractivity contribution is -0.113. The van der Waals surface area contributed by atoms with Gasteiger partial charge in [-0.1, -0.05) is 16.9 Å². The van der Waals surface area contributed by atoms with Crippen molar-refractivity contribution in [1.82, 2.24) is 15.1 Å². The largest absolute Gasteiger partial charge is 0.444 e. The zero-order valence-electron chi connectivity index (χ0n) is 14.2. The number of thioether (sulfide) groups is 1. The third-order valence-electron chi connectivity index (χ3n) is 3.20. The summed E-state index contributed by atoms with van der Waals surface area (Å²) in [4.78, 5) is 42.6. The van der Waals surface area contributed by atoms with Crippen molar-refractivity contribution in [1.29, 1.82) is 0 Å². The molecule has 0 saturated carbocycles. The molecule has 0 aliphatic carbocycles. The highest BCUT2D eigenvalue weighted by atomic mass is 79.9. The molecule has 0 radical (unpaired) electrons. The Bertz CT molecular complexity index is 1090. The Balaban J connectivity index is 1.63. The number of amides is 2. The lowest BCUT2D eigenvalue weighted by Crippen LogP contribution is -2.23. The van der Waals surface area contributed by atoms with E-state index >= 15 is 0 Å². The van der Waals surface area contributed by atoms with E-state index in [-0.39, 0.29) is 39.9 Å². The highest BCUT2D eigenvalue weighted by Gasteiger charge is 2.17. The maximum Gasteiger partial charge on any atom is 0.291 e. The normalized spacial score (nSPS) is 10.6. The zero-order valence-corrected chi connectivity index (χ0v) is 16.6. The number of carbonyl (C=O) groups is 2. The van der Waals surface area contributed by atoms with Gasteiger partial charge in [-0.3, -0.25) is 19.4 Å². The van der Waals surface area contributed by atoms with E-state index in [0.717, 1.165) is 11.8 Å². The summed E-state index contributed by atoms with van der Waals surface area (Å²) in [7, 11) is 0. The van der Waals surface area contributed by atoms with Crippen molar-refractivity contribution in [3.8, 4) is 0 Å². The molecule has 0 aromatic carbocycles. The number of aryl methyl sites for hydroxylation is 1. The molecule has 3 aromatic rings. The molecule has 0 spiro atoms. The van der Waals surface area contributed by atoms with E-state index in [0.29, 0.717) is 10.4 Å². The summed E-state index contributed by atoms with van der Waals surface area (Å²) in [6, 6.07) is 4.53. The maximum absolute atomic E-state index is 12.2. The number of rotatable bonds is 6. The Kier molecular flexibility index (Phi) is 5.84. The monoisotopic (exact) mass is 468 g/mol. The summed E-state index contributed by atoms with van der Waals surface area (Å²) in [6.07, 6.45) is 0. The van der Waals surface area contributed by atoms with Crippen LogP contribution in [0.15, 0.2) is 41.8 Å². The second kappa shape index (κ2) is 8.31. The van der Waals surface area contributed by atoms with Gasteiger partial charge in [0.25, 0.3) is 11.5 Å². The lowest BCUT2D eigenvalue weighted by Gasteiger charge is -2.07. The van der Waals surface area contributed by atoms with Gasteiger partial charge >= 0.3 is 0 Å². The summed E-state index contributed by atoms with van der Waals surface area (Å²) in [6.45, 7) is 1.69. The fourth-order valence-electron chi connectivity index (χ4n) is 2.01. The zero-order chi connectivity index (χ0) is 20.3. The number of hydrogen-bond donors (Lipinski definition) is 4. The molecule has 3 heterocycles. The minimum atomic E-state index is -0.665. The van der Waals surface area contributed by atoms with Gasteiger partial charge in [0.05, 0.1) is 5.75 Å². The summed E-state index contributed by atoms with van der Waals surface area (Å²) in [5.74, 6) is -0.456. The van der Waals surface area contributed by atoms with E-state index in [1.165, 1.54) is 12.1 Å². The number of hydrogen-bond acceptors (Lipinski definition) is 9. The second-order valence-corrected chi connectivity index (χ2v) is 7.09. The van der Waals surface area contributed by atoms with Gasteiger partial charge < -0.3 is 25.3 Å². The molecule has 5 N–H and O–H groups in total. The van der Waals surface area contributed by atoms with Crippen molar-refractivity contribution in [2.75, 3.05) is 22.1 Å². The van der Waals surface area contributed by atoms with Gasteiger partial charge in [0, 0.05) is 6.07 Å². The molecule has 0 atom stereocenters. The average molecular weight is 469 g/mol. The van der Waals surface area contributed by atoms with Crippen LogP contribution in [0.2, 0.25) is 0 Å². The molecule has 0 fully saturated rings. The molecule has 0 unspecified atom stereocenters. The number of aromatic amines is 1. The molecule has 3 aromatic heterocycles. The molecule has 0 aliphatic rings. The molecule has 146 valence electrons. The van der Waals surface area contributed by atoms with Crippen molar-refractivity contribution < 1.29 is 18.5 Å². The van der Waals surface area contributed by atoms with Crippen LogP contribution < -0.4 is 21.9 Å². The summed E-state index contributed by atoms with van der Waals surface area (Å²) < 4.78 is 10.3. The number of aromatic nitrogens is 3. The Hall–Kier alpha value is -3.06. The first-order valence-corrected chi connectivity index (χ1v) is 9.42. The Morgan fingerprint density at radius 1 is 1.36 bits per heavy atom. The van der Waals surface area contributed by atoms with Crippen LogP contribution in [0, 0.1) is 6.92 Å². The van der Waals surface area contributed by atoms with E-state index in [1.807, 2.05) is 0 Å². The predicted molar refractivity (Wildman–Crippen MR) is 104 cm³/mol. The Morgan fingerprint density at radius 2 is 2.14 bits per heavy atom. The van der Waals surface area contributed by atoms with Gasteiger partial charge in [0.2, 0.25) is 5.91 Å². The first-order chi connectivity index (χ1) is 13.3. The molecule has 28 heavy (non-hydrogen) atoms. The van der Waals surface area contributed by atoms with Crippen LogP contribution in [0.5, 0.6) is 0 Å². The third-order valence-corrected chi connectivity index (χ3v) is 4.50. The SMILES string of the molecule is Cc1cc(NC(=O)CSc2nc(N)c(NC(=O)c3ccc(Br)o3)c(=O)[nH]2)no1. The van der Waals surface area contributed by atoms with Crippen LogP contribution in [-0.2, 0) is 4.79 Å². The Morgan fingerprint density at radius 3 is 2.75 bits per heavy atom. The highest BCUT2D eigenvalue weighted by Crippen LogP contribution is 2.19. The van der Waals surface area contributed by atoms with Crippen LogP contribution in [-0.4, -0.2) is 32.7 Å². The Labute approximate surface area is 169 Å². The number of carbonyl (C=O) groups excluding carboxylic acids is 2. The van der Waals surface area contributed by atoms with Crippen LogP contribution in [0.1, 0.15) is 16.3 Å². The number of halogens is 1. The van der Waals surface area contributed by atoms with E-state index in [4.69, 9.17) is 14.7 Å². The van der Waals surface area contributed by atoms with Crippen molar-refractivity contribution in [2.24, 2.45) is 0 Å². The third kappa shape index (κ3) is 4.80. The number of nitrogens with two attached hydrogens (primary N) is 1. The van der Waals surface area contributed by atoms with E-state index in [9.17, 15) is 14.4 Å². The van der Waals surface area contributed by atoms with Crippen molar-refractivity contribution in [3.05, 3.63) is 44.7 Å². The molecule has 3 rings (SSSR count). The number of nitrogens with zero attached hydrogens (tertiary/aromatic N) is 2. The first-order valence-electron chi connectivity index (χ1n) is 7.64. The fourth-order valence-corrected chi connectivity index (χ4v) is 2.98. The topological polar surface area (TPSA) is 169 Å². The predicted octanol–water partition coefficient (Wildman–Crippen LogP) is 1.99. The molecule has 2 amide bonds. The molecule has 0 bridgehead atoms. The highest BCUT2D eigenvalue weighted by molar-refractivity contribution is 9.10. The number of furan rings is 1. The number of nitrogens with one attached hydrogen (secondary N) is 3. The van der Waals surface area contributed by atoms with E-state index in [2.05, 4.69) is 41.7 Å². The first kappa shape index (κ1) is 19.7. The number of anilines is 3. The molecular weight excluding hydrogens is 456 g/mol. The molecule has 11 nitrogen and oxygen atoms in total.